The van der Waals surface area contributed by atoms with Crippen LogP contribution in [-0.2, 0) is 14.9 Å². The van der Waals surface area contributed by atoms with Gasteiger partial charge < -0.3 is 4.74 Å². The lowest BCUT2D eigenvalue weighted by Crippen LogP contribution is -2.21. The number of benzene rings is 3. The highest BCUT2D eigenvalue weighted by atomic mass is 32.1. The number of hydrogen-bond donors (Lipinski definition) is 1. The molecule has 0 spiro atoms. The van der Waals surface area contributed by atoms with E-state index in [-0.39, 0.29) is 11.5 Å². The van der Waals surface area contributed by atoms with Crippen molar-refractivity contribution in [3.63, 3.8) is 0 Å². The van der Waals surface area contributed by atoms with Crippen LogP contribution in [0.15, 0.2) is 85.1 Å². The Morgan fingerprint density at radius 3 is 2.16 bits per heavy atom. The molecule has 2 saturated carbocycles. The summed E-state index contributed by atoms with van der Waals surface area (Å²) in [4.78, 5) is 26.2. The molecular weight excluding hydrogens is 480 g/mol. The van der Waals surface area contributed by atoms with Crippen LogP contribution in [0.5, 0.6) is 0 Å². The van der Waals surface area contributed by atoms with E-state index in [4.69, 9.17) is 4.74 Å². The molecule has 6 rings (SSSR count). The molecule has 37 heavy (non-hydrogen) atoms. The quantitative estimate of drug-likeness (QED) is 0.264. The standard InChI is InChI=1S/C31H28N2O3S/c1-20(21-5-3-2-4-6-21)36-30(35)33-27-19-32-37-28(27)24-9-7-22(8-10-24)23-13-15-26(16-14-23)31(17-18-31)29(34)25-11-12-25/h2-10,13-16,19-20,25H,11-12,17-18H2,1H3,(H,33,35). The minimum Gasteiger partial charge on any atom is -0.441 e. The van der Waals surface area contributed by atoms with Gasteiger partial charge in [0.05, 0.1) is 22.2 Å². The fourth-order valence-electron chi connectivity index (χ4n) is 4.96. The SMILES string of the molecule is CC(OC(=O)Nc1cnsc1-c1ccc(-c2ccc(C3(C(=O)C4CC4)CC3)cc2)cc1)c1ccccc1. The minimum atomic E-state index is -0.511. The van der Waals surface area contributed by atoms with Gasteiger partial charge in [-0.05, 0) is 72.0 Å². The van der Waals surface area contributed by atoms with E-state index in [1.807, 2.05) is 49.4 Å². The Labute approximate surface area is 220 Å². The number of ketones is 1. The summed E-state index contributed by atoms with van der Waals surface area (Å²) in [5.41, 5.74) is 5.71. The molecule has 1 aromatic heterocycles. The molecule has 5 nitrogen and oxygen atoms in total. The van der Waals surface area contributed by atoms with Gasteiger partial charge in [-0.25, -0.2) is 4.79 Å². The second-order valence-corrected chi connectivity index (χ2v) is 10.8. The normalized spacial score (nSPS) is 16.6. The van der Waals surface area contributed by atoms with Crippen molar-refractivity contribution >= 4 is 29.1 Å². The number of amides is 1. The third-order valence-corrected chi connectivity index (χ3v) is 8.30. The van der Waals surface area contributed by atoms with E-state index >= 15 is 0 Å². The second-order valence-electron chi connectivity index (χ2n) is 10.0. The molecule has 2 fully saturated rings. The summed E-state index contributed by atoms with van der Waals surface area (Å²) >= 11 is 1.33. The number of Topliss-reactive ketones (excluding diaryl/α,β-unsaturated/α-hetero) is 1. The molecule has 1 heterocycles. The van der Waals surface area contributed by atoms with Gasteiger partial charge in [0.2, 0.25) is 0 Å². The van der Waals surface area contributed by atoms with Crippen LogP contribution in [0.4, 0.5) is 10.5 Å². The summed E-state index contributed by atoms with van der Waals surface area (Å²) in [6, 6.07) is 26.4. The topological polar surface area (TPSA) is 68.3 Å². The smallest absolute Gasteiger partial charge is 0.412 e. The zero-order valence-corrected chi connectivity index (χ0v) is 21.5. The van der Waals surface area contributed by atoms with Gasteiger partial charge in [0.25, 0.3) is 0 Å². The second kappa shape index (κ2) is 9.60. The molecule has 2 aliphatic carbocycles. The molecule has 2 aliphatic rings. The molecule has 0 saturated heterocycles. The number of carbonyl (C=O) groups excluding carboxylic acids is 2. The van der Waals surface area contributed by atoms with E-state index in [0.717, 1.165) is 52.8 Å². The summed E-state index contributed by atoms with van der Waals surface area (Å²) in [5, 5.41) is 2.84. The van der Waals surface area contributed by atoms with Crippen LogP contribution in [0, 0.1) is 5.92 Å². The van der Waals surface area contributed by atoms with Crippen molar-refractivity contribution < 1.29 is 14.3 Å². The first kappa shape index (κ1) is 23.6. The lowest BCUT2D eigenvalue weighted by atomic mass is 9.88. The molecule has 3 aromatic carbocycles. The van der Waals surface area contributed by atoms with E-state index in [0.29, 0.717) is 17.4 Å². The zero-order valence-electron chi connectivity index (χ0n) is 20.6. The van der Waals surface area contributed by atoms with Gasteiger partial charge in [-0.15, -0.1) is 0 Å². The van der Waals surface area contributed by atoms with Crippen molar-refractivity contribution in [2.24, 2.45) is 5.92 Å². The Morgan fingerprint density at radius 2 is 1.54 bits per heavy atom. The number of aromatic nitrogens is 1. The van der Waals surface area contributed by atoms with E-state index in [9.17, 15) is 9.59 Å². The van der Waals surface area contributed by atoms with Gasteiger partial charge in [-0.2, -0.15) is 4.37 Å². The van der Waals surface area contributed by atoms with Crippen LogP contribution in [0.1, 0.15) is 49.8 Å². The van der Waals surface area contributed by atoms with Crippen molar-refractivity contribution in [3.8, 4) is 21.6 Å². The Kier molecular flexibility index (Phi) is 6.13. The maximum atomic E-state index is 12.8. The van der Waals surface area contributed by atoms with Gasteiger partial charge in [-0.1, -0.05) is 78.9 Å². The van der Waals surface area contributed by atoms with Crippen LogP contribution in [0.25, 0.3) is 21.6 Å². The molecule has 0 bridgehead atoms. The monoisotopic (exact) mass is 508 g/mol. The van der Waals surface area contributed by atoms with E-state index in [2.05, 4.69) is 46.1 Å². The van der Waals surface area contributed by atoms with E-state index in [1.165, 1.54) is 17.1 Å². The van der Waals surface area contributed by atoms with Crippen molar-refractivity contribution in [2.75, 3.05) is 5.32 Å². The summed E-state index contributed by atoms with van der Waals surface area (Å²) in [5.74, 6) is 0.756. The van der Waals surface area contributed by atoms with E-state index < -0.39 is 6.09 Å². The largest absolute Gasteiger partial charge is 0.441 e. The Bertz CT molecular complexity index is 1420. The molecular formula is C31H28N2O3S. The number of nitrogens with zero attached hydrogens (tertiary/aromatic N) is 1. The Hall–Kier alpha value is -3.77. The van der Waals surface area contributed by atoms with E-state index in [1.54, 1.807) is 6.20 Å². The summed E-state index contributed by atoms with van der Waals surface area (Å²) < 4.78 is 9.84. The lowest BCUT2D eigenvalue weighted by Gasteiger charge is -2.15. The zero-order chi connectivity index (χ0) is 25.4. The fourth-order valence-corrected chi connectivity index (χ4v) is 5.67. The fraction of sp³-hybridized carbons (Fsp3) is 0.258. The van der Waals surface area contributed by atoms with Crippen LogP contribution in [-0.4, -0.2) is 16.3 Å². The summed E-state index contributed by atoms with van der Waals surface area (Å²) in [6.45, 7) is 1.85. The predicted octanol–water partition coefficient (Wildman–Crippen LogP) is 7.80. The van der Waals surface area contributed by atoms with Gasteiger partial charge in [0.15, 0.2) is 0 Å². The molecule has 1 N–H and O–H groups in total. The lowest BCUT2D eigenvalue weighted by molar-refractivity contribution is -0.122. The highest BCUT2D eigenvalue weighted by Crippen LogP contribution is 2.54. The molecule has 1 amide bonds. The van der Waals surface area contributed by atoms with Crippen LogP contribution in [0.2, 0.25) is 0 Å². The molecule has 0 radical (unpaired) electrons. The first-order valence-electron chi connectivity index (χ1n) is 12.8. The maximum absolute atomic E-state index is 12.8. The first-order valence-corrected chi connectivity index (χ1v) is 13.5. The minimum absolute atomic E-state index is 0.209. The molecule has 1 unspecified atom stereocenters. The van der Waals surface area contributed by atoms with Crippen molar-refractivity contribution in [1.29, 1.82) is 0 Å². The van der Waals surface area contributed by atoms with Gasteiger partial charge in [0, 0.05) is 5.92 Å². The number of anilines is 1. The number of rotatable bonds is 8. The molecule has 6 heteroatoms. The van der Waals surface area contributed by atoms with Crippen LogP contribution < -0.4 is 5.32 Å². The third kappa shape index (κ3) is 4.81. The molecule has 4 aromatic rings. The number of carbonyl (C=O) groups is 2. The third-order valence-electron chi connectivity index (χ3n) is 7.45. The Morgan fingerprint density at radius 1 is 0.919 bits per heavy atom. The van der Waals surface area contributed by atoms with Crippen molar-refractivity contribution in [3.05, 3.63) is 96.2 Å². The Balaban J connectivity index is 1.13. The average molecular weight is 509 g/mol. The summed E-state index contributed by atoms with van der Waals surface area (Å²) in [6.07, 6.45) is 4.89. The molecule has 1 atom stereocenters. The van der Waals surface area contributed by atoms with Crippen LogP contribution in [0.3, 0.4) is 0 Å². The average Bonchev–Trinajstić information content (AvgIpc) is 3.87. The molecule has 0 aliphatic heterocycles. The van der Waals surface area contributed by atoms with Crippen LogP contribution >= 0.6 is 11.5 Å². The highest BCUT2D eigenvalue weighted by Gasteiger charge is 2.54. The number of nitrogens with one attached hydrogen (secondary N) is 1. The summed E-state index contributed by atoms with van der Waals surface area (Å²) in [7, 11) is 0. The maximum Gasteiger partial charge on any atom is 0.412 e. The first-order chi connectivity index (χ1) is 18.0. The van der Waals surface area contributed by atoms with Gasteiger partial charge in [0.1, 0.15) is 11.9 Å². The number of ether oxygens (including phenoxy) is 1. The predicted molar refractivity (Wildman–Crippen MR) is 147 cm³/mol. The van der Waals surface area contributed by atoms with Gasteiger partial charge in [-0.3, -0.25) is 10.1 Å². The van der Waals surface area contributed by atoms with Crippen molar-refractivity contribution in [1.82, 2.24) is 4.37 Å². The van der Waals surface area contributed by atoms with Crippen molar-refractivity contribution in [2.45, 2.75) is 44.1 Å². The van der Waals surface area contributed by atoms with Gasteiger partial charge >= 0.3 is 6.09 Å². The number of hydrogen-bond acceptors (Lipinski definition) is 5. The molecule has 186 valence electrons. The highest BCUT2D eigenvalue weighted by molar-refractivity contribution is 7.10.